The lowest BCUT2D eigenvalue weighted by Gasteiger charge is -2.31. The van der Waals surface area contributed by atoms with Gasteiger partial charge in [-0.3, -0.25) is 9.48 Å². The lowest BCUT2D eigenvalue weighted by Crippen LogP contribution is -2.41. The number of ether oxygens (including phenoxy) is 2. The SMILES string of the molecule is CC.Cc1cc(OCCCc2c3n(c4c(-c5c(C)nn(C)c5C)c(Cl)ccc24)CCN(c2cc(OCCN(C)C)cc4cc(C(=O)O)n(C)c24)C3=O)cc(C)c1Cl. The number of aromatic carboxylic acids is 1. The van der Waals surface area contributed by atoms with Crippen molar-refractivity contribution >= 4 is 62.6 Å². The van der Waals surface area contributed by atoms with Crippen molar-refractivity contribution < 1.29 is 24.2 Å². The molecule has 0 bridgehead atoms. The maximum absolute atomic E-state index is 15.2. The molecule has 1 aliphatic heterocycles. The molecule has 7 rings (SSSR count). The smallest absolute Gasteiger partial charge is 0.352 e. The summed E-state index contributed by atoms with van der Waals surface area (Å²) < 4.78 is 18.0. The van der Waals surface area contributed by atoms with Crippen LogP contribution in [0.1, 0.15) is 69.3 Å². The zero-order valence-corrected chi connectivity index (χ0v) is 36.0. The highest BCUT2D eigenvalue weighted by Crippen LogP contribution is 2.44. The van der Waals surface area contributed by atoms with Gasteiger partial charge in [-0.25, -0.2) is 4.79 Å². The van der Waals surface area contributed by atoms with Crippen LogP contribution in [0.25, 0.3) is 32.9 Å². The summed E-state index contributed by atoms with van der Waals surface area (Å²) in [6, 6.07) is 13.1. The van der Waals surface area contributed by atoms with Crippen LogP contribution in [-0.2, 0) is 27.1 Å². The Morgan fingerprint density at radius 2 is 1.56 bits per heavy atom. The number of carboxylic acid groups (broad SMARTS) is 1. The zero-order valence-electron chi connectivity index (χ0n) is 34.5. The Morgan fingerprint density at radius 1 is 0.895 bits per heavy atom. The van der Waals surface area contributed by atoms with Gasteiger partial charge in [-0.05, 0) is 102 Å². The molecule has 0 saturated heterocycles. The molecule has 1 N–H and O–H groups in total. The van der Waals surface area contributed by atoms with Crippen molar-refractivity contribution in [2.45, 2.75) is 60.9 Å². The van der Waals surface area contributed by atoms with E-state index in [1.165, 1.54) is 0 Å². The number of fused-ring (bicyclic) bond motifs is 4. The van der Waals surface area contributed by atoms with Crippen LogP contribution in [0.15, 0.2) is 42.5 Å². The third-order valence-corrected chi connectivity index (χ3v) is 11.6. The fourth-order valence-corrected chi connectivity index (χ4v) is 8.33. The second-order valence-corrected chi connectivity index (χ2v) is 15.5. The number of carbonyl (C=O) groups is 2. The molecule has 4 heterocycles. The number of carbonyl (C=O) groups excluding carboxylic acids is 1. The van der Waals surface area contributed by atoms with Gasteiger partial charge in [0.1, 0.15) is 29.5 Å². The maximum atomic E-state index is 15.2. The predicted octanol–water partition coefficient (Wildman–Crippen LogP) is 9.41. The number of benzene rings is 3. The molecule has 0 atom stereocenters. The molecular weight excluding hydrogens is 763 g/mol. The molecule has 3 aromatic carbocycles. The molecule has 0 aliphatic carbocycles. The van der Waals surface area contributed by atoms with Gasteiger partial charge in [-0.2, -0.15) is 5.10 Å². The highest BCUT2D eigenvalue weighted by atomic mass is 35.5. The number of rotatable bonds is 12. The molecule has 3 aromatic heterocycles. The van der Waals surface area contributed by atoms with Gasteiger partial charge in [-0.15, -0.1) is 0 Å². The molecule has 13 heteroatoms. The third kappa shape index (κ3) is 7.72. The summed E-state index contributed by atoms with van der Waals surface area (Å²) in [6.07, 6.45) is 1.20. The molecular formula is C44H52Cl2N6O5. The van der Waals surface area contributed by atoms with E-state index in [1.54, 1.807) is 22.6 Å². The zero-order chi connectivity index (χ0) is 41.5. The summed E-state index contributed by atoms with van der Waals surface area (Å²) in [6.45, 7) is 14.3. The number of amides is 1. The van der Waals surface area contributed by atoms with Gasteiger partial charge in [-0.1, -0.05) is 43.1 Å². The normalized spacial score (nSPS) is 12.7. The molecule has 6 aromatic rings. The second kappa shape index (κ2) is 16.9. The van der Waals surface area contributed by atoms with E-state index in [2.05, 4.69) is 4.57 Å². The van der Waals surface area contributed by atoms with Crippen LogP contribution in [-0.4, -0.2) is 81.2 Å². The van der Waals surface area contributed by atoms with Crippen LogP contribution in [0.5, 0.6) is 11.5 Å². The molecule has 57 heavy (non-hydrogen) atoms. The Kier molecular flexibility index (Phi) is 12.3. The van der Waals surface area contributed by atoms with Gasteiger partial charge >= 0.3 is 5.97 Å². The van der Waals surface area contributed by atoms with E-state index in [1.807, 2.05) is 109 Å². The predicted molar refractivity (Wildman–Crippen MR) is 230 cm³/mol. The topological polar surface area (TPSA) is 107 Å². The van der Waals surface area contributed by atoms with Gasteiger partial charge in [0, 0.05) is 72.4 Å². The van der Waals surface area contributed by atoms with E-state index < -0.39 is 5.97 Å². The third-order valence-electron chi connectivity index (χ3n) is 10.7. The molecule has 0 radical (unpaired) electrons. The lowest BCUT2D eigenvalue weighted by molar-refractivity contribution is 0.0687. The summed E-state index contributed by atoms with van der Waals surface area (Å²) in [5, 5.41) is 17.7. The van der Waals surface area contributed by atoms with Crippen molar-refractivity contribution in [2.75, 3.05) is 45.3 Å². The number of nitrogens with zero attached hydrogens (tertiary/aromatic N) is 6. The first-order valence-corrected chi connectivity index (χ1v) is 20.1. The van der Waals surface area contributed by atoms with Crippen molar-refractivity contribution in [3.63, 3.8) is 0 Å². The van der Waals surface area contributed by atoms with Gasteiger partial charge in [0.05, 0.1) is 34.0 Å². The molecule has 0 spiro atoms. The Morgan fingerprint density at radius 3 is 2.19 bits per heavy atom. The Labute approximate surface area is 344 Å². The van der Waals surface area contributed by atoms with E-state index in [-0.39, 0.29) is 11.6 Å². The lowest BCUT2D eigenvalue weighted by atomic mass is 9.98. The first-order valence-electron chi connectivity index (χ1n) is 19.4. The van der Waals surface area contributed by atoms with E-state index in [9.17, 15) is 9.90 Å². The molecule has 0 saturated carbocycles. The number of hydrogen-bond acceptors (Lipinski definition) is 6. The van der Waals surface area contributed by atoms with Crippen molar-refractivity contribution in [1.29, 1.82) is 0 Å². The van der Waals surface area contributed by atoms with E-state index in [4.69, 9.17) is 37.8 Å². The Bertz CT molecular complexity index is 2490. The summed E-state index contributed by atoms with van der Waals surface area (Å²) in [5.41, 5.74) is 9.26. The Hall–Kier alpha value is -4.97. The van der Waals surface area contributed by atoms with Crippen LogP contribution >= 0.6 is 23.2 Å². The van der Waals surface area contributed by atoms with Gasteiger partial charge < -0.3 is 33.5 Å². The monoisotopic (exact) mass is 814 g/mol. The van der Waals surface area contributed by atoms with Crippen molar-refractivity contribution in [1.82, 2.24) is 23.8 Å². The van der Waals surface area contributed by atoms with Crippen LogP contribution < -0.4 is 14.4 Å². The number of carboxylic acids is 1. The van der Waals surface area contributed by atoms with Crippen molar-refractivity contribution in [3.8, 4) is 22.6 Å². The summed E-state index contributed by atoms with van der Waals surface area (Å²) in [7, 11) is 7.58. The summed E-state index contributed by atoms with van der Waals surface area (Å²) in [5.74, 6) is 0.0759. The fourth-order valence-electron chi connectivity index (χ4n) is 7.97. The first-order chi connectivity index (χ1) is 27.2. The van der Waals surface area contributed by atoms with E-state index in [0.717, 1.165) is 60.9 Å². The summed E-state index contributed by atoms with van der Waals surface area (Å²) >= 11 is 13.5. The van der Waals surface area contributed by atoms with Crippen LogP contribution in [0, 0.1) is 27.7 Å². The average molecular weight is 816 g/mol. The maximum Gasteiger partial charge on any atom is 0.352 e. The van der Waals surface area contributed by atoms with Crippen LogP contribution in [0.4, 0.5) is 5.69 Å². The van der Waals surface area contributed by atoms with E-state index in [0.29, 0.717) is 78.7 Å². The van der Waals surface area contributed by atoms with Crippen LogP contribution in [0.3, 0.4) is 0 Å². The molecule has 0 unspecified atom stereocenters. The molecule has 302 valence electrons. The number of anilines is 1. The number of likely N-dealkylation sites (N-methyl/N-ethyl adjacent to an activating group) is 1. The minimum atomic E-state index is -1.05. The molecule has 11 nitrogen and oxygen atoms in total. The average Bonchev–Trinajstić information content (AvgIpc) is 3.77. The number of aromatic nitrogens is 4. The highest BCUT2D eigenvalue weighted by Gasteiger charge is 2.35. The molecule has 1 aliphatic rings. The number of aryl methyl sites for hydroxylation is 6. The fraction of sp³-hybridized carbons (Fsp3) is 0.386. The van der Waals surface area contributed by atoms with Crippen molar-refractivity contribution in [3.05, 3.63) is 92.0 Å². The van der Waals surface area contributed by atoms with Gasteiger partial charge in [0.25, 0.3) is 5.91 Å². The second-order valence-electron chi connectivity index (χ2n) is 14.7. The quantitative estimate of drug-likeness (QED) is 0.123. The summed E-state index contributed by atoms with van der Waals surface area (Å²) in [4.78, 5) is 31.3. The minimum Gasteiger partial charge on any atom is -0.494 e. The largest absolute Gasteiger partial charge is 0.494 e. The van der Waals surface area contributed by atoms with Crippen molar-refractivity contribution in [2.24, 2.45) is 14.1 Å². The van der Waals surface area contributed by atoms with Gasteiger partial charge in [0.2, 0.25) is 0 Å². The van der Waals surface area contributed by atoms with E-state index >= 15 is 4.79 Å². The standard InChI is InChI=1S/C42H46Cl2N6O5.C2H6/c1-23-18-28(19-24(2)37(23)44)54-16-9-10-30-31-11-12-32(43)36(35-25(3)45-48(8)26(35)4)39(31)50-14-13-49(41(51)40(30)50)33-22-29(55-17-15-46(5)6)20-27-21-34(42(52)53)47(7)38(27)33;1-2/h11-12,18-22H,9-10,13-17H2,1-8H3,(H,52,53);1-2H3. The number of halogens is 2. The Balaban J connectivity index is 0.00000270. The number of hydrogen-bond donors (Lipinski definition) is 1. The molecule has 0 fully saturated rings. The highest BCUT2D eigenvalue weighted by molar-refractivity contribution is 6.35. The van der Waals surface area contributed by atoms with Gasteiger partial charge in [0.15, 0.2) is 0 Å². The molecule has 1 amide bonds. The minimum absolute atomic E-state index is 0.119. The van der Waals surface area contributed by atoms with Crippen LogP contribution in [0.2, 0.25) is 10.0 Å². The first kappa shape index (κ1) is 41.7.